The van der Waals surface area contributed by atoms with Crippen molar-refractivity contribution in [2.45, 2.75) is 12.8 Å². The molecular weight excluding hydrogens is 456 g/mol. The van der Waals surface area contributed by atoms with E-state index in [1.165, 1.54) is 12.1 Å². The van der Waals surface area contributed by atoms with Crippen molar-refractivity contribution >= 4 is 24.1 Å². The summed E-state index contributed by atoms with van der Waals surface area (Å²) in [5.74, 6) is -3.01. The number of carboxylic acid groups (broad SMARTS) is 2. The molecule has 0 saturated heterocycles. The van der Waals surface area contributed by atoms with Crippen LogP contribution in [0.4, 0.5) is 0 Å². The quantitative estimate of drug-likeness (QED) is 0.226. The second-order valence-electron chi connectivity index (χ2n) is 8.33. The SMILES string of the molecule is O=C(O)c1c(O)cccc1/C=C/c1cccc(-c2cc(O)c(C(=O)O)c(CCc3ccccc3)c2)c1. The molecule has 0 atom stereocenters. The van der Waals surface area contributed by atoms with E-state index in [4.69, 9.17) is 0 Å². The van der Waals surface area contributed by atoms with Gasteiger partial charge in [-0.25, -0.2) is 9.59 Å². The van der Waals surface area contributed by atoms with E-state index >= 15 is 0 Å². The van der Waals surface area contributed by atoms with Gasteiger partial charge in [-0.3, -0.25) is 0 Å². The van der Waals surface area contributed by atoms with E-state index < -0.39 is 11.9 Å². The summed E-state index contributed by atoms with van der Waals surface area (Å²) in [4.78, 5) is 23.4. The van der Waals surface area contributed by atoms with Crippen LogP contribution in [0.3, 0.4) is 0 Å². The first-order chi connectivity index (χ1) is 17.3. The molecule has 0 radical (unpaired) electrons. The minimum atomic E-state index is -1.22. The summed E-state index contributed by atoms with van der Waals surface area (Å²) in [6.45, 7) is 0. The van der Waals surface area contributed by atoms with Crippen LogP contribution in [0.25, 0.3) is 23.3 Å². The predicted octanol–water partition coefficient (Wildman–Crippen LogP) is 6.12. The minimum absolute atomic E-state index is 0.101. The van der Waals surface area contributed by atoms with E-state index in [2.05, 4.69) is 0 Å². The Labute approximate surface area is 208 Å². The fourth-order valence-corrected chi connectivity index (χ4v) is 4.16. The molecule has 0 aliphatic rings. The van der Waals surface area contributed by atoms with Gasteiger partial charge in [-0.15, -0.1) is 0 Å². The molecule has 180 valence electrons. The number of hydrogen-bond donors (Lipinski definition) is 4. The third-order valence-corrected chi connectivity index (χ3v) is 5.90. The third kappa shape index (κ3) is 5.45. The lowest BCUT2D eigenvalue weighted by Crippen LogP contribution is -2.05. The lowest BCUT2D eigenvalue weighted by atomic mass is 9.93. The van der Waals surface area contributed by atoms with Crippen LogP contribution in [0.2, 0.25) is 0 Å². The maximum Gasteiger partial charge on any atom is 0.340 e. The van der Waals surface area contributed by atoms with Crippen molar-refractivity contribution in [2.24, 2.45) is 0 Å². The van der Waals surface area contributed by atoms with Gasteiger partial charge < -0.3 is 20.4 Å². The molecule has 4 aromatic carbocycles. The largest absolute Gasteiger partial charge is 0.507 e. The van der Waals surface area contributed by atoms with Crippen LogP contribution >= 0.6 is 0 Å². The molecule has 4 rings (SSSR count). The average molecular weight is 481 g/mol. The van der Waals surface area contributed by atoms with Gasteiger partial charge >= 0.3 is 11.9 Å². The Bertz CT molecular complexity index is 1450. The molecule has 0 saturated carbocycles. The number of carboxylic acids is 2. The summed E-state index contributed by atoms with van der Waals surface area (Å²) in [5, 5.41) is 39.5. The molecule has 0 fully saturated rings. The number of phenols is 2. The first kappa shape index (κ1) is 24.3. The molecule has 6 nitrogen and oxygen atoms in total. The molecule has 4 N–H and O–H groups in total. The summed E-state index contributed by atoms with van der Waals surface area (Å²) in [6, 6.07) is 24.8. The standard InChI is InChI=1S/C30H24O6/c31-25-11-5-9-21(27(25)29(33)34)14-13-20-8-4-10-22(16-20)24-17-23(28(30(35)36)26(32)18-24)15-12-19-6-2-1-3-7-19/h1-11,13-14,16-18,31-32H,12,15H2,(H,33,34)(H,35,36)/b14-13+. The van der Waals surface area contributed by atoms with Crippen LogP contribution in [0.15, 0.2) is 84.9 Å². The maximum atomic E-state index is 11.8. The van der Waals surface area contributed by atoms with Gasteiger partial charge in [0.2, 0.25) is 0 Å². The number of aromatic carboxylic acids is 2. The van der Waals surface area contributed by atoms with Gasteiger partial charge in [0.15, 0.2) is 0 Å². The molecule has 0 amide bonds. The summed E-state index contributed by atoms with van der Waals surface area (Å²) in [6.07, 6.45) is 4.41. The first-order valence-corrected chi connectivity index (χ1v) is 11.3. The molecule has 4 aromatic rings. The Balaban J connectivity index is 1.67. The van der Waals surface area contributed by atoms with Crippen molar-refractivity contribution in [2.75, 3.05) is 0 Å². The summed E-state index contributed by atoms with van der Waals surface area (Å²) < 4.78 is 0. The highest BCUT2D eigenvalue weighted by Gasteiger charge is 2.18. The van der Waals surface area contributed by atoms with E-state index in [0.717, 1.165) is 16.7 Å². The zero-order valence-corrected chi connectivity index (χ0v) is 19.3. The van der Waals surface area contributed by atoms with Gasteiger partial charge in [0.05, 0.1) is 0 Å². The van der Waals surface area contributed by atoms with Crippen molar-refractivity contribution in [3.63, 3.8) is 0 Å². The summed E-state index contributed by atoms with van der Waals surface area (Å²) in [5.41, 5.74) is 3.88. The van der Waals surface area contributed by atoms with Crippen LogP contribution in [0, 0.1) is 0 Å². The van der Waals surface area contributed by atoms with E-state index in [1.807, 2.05) is 54.6 Å². The number of rotatable bonds is 8. The van der Waals surface area contributed by atoms with Gasteiger partial charge in [-0.2, -0.15) is 0 Å². The molecule has 6 heteroatoms. The average Bonchev–Trinajstić information content (AvgIpc) is 2.86. The first-order valence-electron chi connectivity index (χ1n) is 11.3. The van der Waals surface area contributed by atoms with Crippen molar-refractivity contribution in [1.29, 1.82) is 0 Å². The zero-order chi connectivity index (χ0) is 25.7. The van der Waals surface area contributed by atoms with Crippen LogP contribution in [-0.2, 0) is 12.8 Å². The zero-order valence-electron chi connectivity index (χ0n) is 19.3. The number of benzene rings is 4. The highest BCUT2D eigenvalue weighted by atomic mass is 16.4. The maximum absolute atomic E-state index is 11.8. The highest BCUT2D eigenvalue weighted by molar-refractivity contribution is 5.96. The Hall–Kier alpha value is -4.84. The monoisotopic (exact) mass is 480 g/mol. The van der Waals surface area contributed by atoms with E-state index in [1.54, 1.807) is 30.4 Å². The Morgan fingerprint density at radius 2 is 1.36 bits per heavy atom. The van der Waals surface area contributed by atoms with E-state index in [9.17, 15) is 30.0 Å². The molecule has 0 aliphatic carbocycles. The molecule has 0 bridgehead atoms. The minimum Gasteiger partial charge on any atom is -0.507 e. The highest BCUT2D eigenvalue weighted by Crippen LogP contribution is 2.32. The third-order valence-electron chi connectivity index (χ3n) is 5.90. The van der Waals surface area contributed by atoms with E-state index in [0.29, 0.717) is 29.5 Å². The molecular formula is C30H24O6. The number of carbonyl (C=O) groups is 2. The van der Waals surface area contributed by atoms with Gasteiger partial charge in [0.25, 0.3) is 0 Å². The Morgan fingerprint density at radius 1 is 0.639 bits per heavy atom. The molecule has 0 aliphatic heterocycles. The lowest BCUT2D eigenvalue weighted by Gasteiger charge is -2.12. The van der Waals surface area contributed by atoms with Crippen molar-refractivity contribution < 1.29 is 30.0 Å². The second-order valence-corrected chi connectivity index (χ2v) is 8.33. The van der Waals surface area contributed by atoms with Crippen molar-refractivity contribution in [3.05, 3.63) is 118 Å². The Kier molecular flexibility index (Phi) is 7.16. The normalized spacial score (nSPS) is 11.0. The molecule has 0 aromatic heterocycles. The van der Waals surface area contributed by atoms with Crippen molar-refractivity contribution in [1.82, 2.24) is 0 Å². The van der Waals surface area contributed by atoms with Crippen LogP contribution in [0.5, 0.6) is 11.5 Å². The van der Waals surface area contributed by atoms with E-state index in [-0.39, 0.29) is 22.6 Å². The predicted molar refractivity (Wildman–Crippen MR) is 138 cm³/mol. The van der Waals surface area contributed by atoms with Gasteiger partial charge in [0, 0.05) is 0 Å². The number of aromatic hydroxyl groups is 2. The number of hydrogen-bond acceptors (Lipinski definition) is 4. The molecule has 36 heavy (non-hydrogen) atoms. The Morgan fingerprint density at radius 3 is 2.08 bits per heavy atom. The molecule has 0 spiro atoms. The summed E-state index contributed by atoms with van der Waals surface area (Å²) in [7, 11) is 0. The fraction of sp³-hybridized carbons (Fsp3) is 0.0667. The van der Waals surface area contributed by atoms with Crippen molar-refractivity contribution in [3.8, 4) is 22.6 Å². The van der Waals surface area contributed by atoms with Crippen LogP contribution < -0.4 is 0 Å². The molecule has 0 heterocycles. The topological polar surface area (TPSA) is 115 Å². The molecule has 0 unspecified atom stereocenters. The fourth-order valence-electron chi connectivity index (χ4n) is 4.16. The second kappa shape index (κ2) is 10.6. The van der Waals surface area contributed by atoms with Crippen LogP contribution in [-0.4, -0.2) is 32.4 Å². The number of aryl methyl sites for hydroxylation is 2. The van der Waals surface area contributed by atoms with Gasteiger partial charge in [-0.05, 0) is 64.4 Å². The lowest BCUT2D eigenvalue weighted by molar-refractivity contribution is 0.0681. The van der Waals surface area contributed by atoms with Gasteiger partial charge in [-0.1, -0.05) is 78.9 Å². The summed E-state index contributed by atoms with van der Waals surface area (Å²) >= 11 is 0. The smallest absolute Gasteiger partial charge is 0.340 e. The van der Waals surface area contributed by atoms with Crippen LogP contribution in [0.1, 0.15) is 43.0 Å². The van der Waals surface area contributed by atoms with Gasteiger partial charge in [0.1, 0.15) is 22.6 Å².